The summed E-state index contributed by atoms with van der Waals surface area (Å²) < 4.78 is 0. The van der Waals surface area contributed by atoms with E-state index in [1.807, 2.05) is 37.5 Å². The first-order valence-electron chi connectivity index (χ1n) is 9.80. The van der Waals surface area contributed by atoms with E-state index in [1.54, 1.807) is 0 Å². The van der Waals surface area contributed by atoms with E-state index < -0.39 is 0 Å². The van der Waals surface area contributed by atoms with Crippen LogP contribution in [0, 0.1) is 0 Å². The van der Waals surface area contributed by atoms with Gasteiger partial charge in [0.25, 0.3) is 0 Å². The Labute approximate surface area is 165 Å². The molecule has 0 unspecified atom stereocenters. The SMILES string of the molecule is CN=C(NCCc1ccc2ccccc2n1)N1CCN(c2ccccn2)CC1. The number of nitrogens with one attached hydrogen (secondary N) is 1. The van der Waals surface area contributed by atoms with Crippen LogP contribution < -0.4 is 10.2 Å². The lowest BCUT2D eigenvalue weighted by atomic mass is 10.2. The van der Waals surface area contributed by atoms with Crippen molar-refractivity contribution in [1.29, 1.82) is 0 Å². The average Bonchev–Trinajstić information content (AvgIpc) is 2.77. The van der Waals surface area contributed by atoms with E-state index in [0.29, 0.717) is 0 Å². The van der Waals surface area contributed by atoms with Crippen LogP contribution in [0.2, 0.25) is 0 Å². The van der Waals surface area contributed by atoms with Crippen LogP contribution in [-0.4, -0.2) is 60.6 Å². The zero-order valence-electron chi connectivity index (χ0n) is 16.3. The standard InChI is InChI=1S/C22H26N6/c1-23-22(28-16-14-27(15-17-28)21-8-4-5-12-24-21)25-13-11-19-10-9-18-6-2-3-7-20(18)26-19/h2-10,12H,11,13-17H2,1H3,(H,23,25). The first kappa shape index (κ1) is 18.2. The number of nitrogens with zero attached hydrogens (tertiary/aromatic N) is 5. The molecule has 0 amide bonds. The van der Waals surface area contributed by atoms with E-state index in [9.17, 15) is 0 Å². The highest BCUT2D eigenvalue weighted by molar-refractivity contribution is 5.80. The molecule has 0 radical (unpaired) electrons. The molecule has 0 bridgehead atoms. The topological polar surface area (TPSA) is 56.7 Å². The number of guanidine groups is 1. The number of pyridine rings is 2. The molecule has 4 rings (SSSR count). The fraction of sp³-hybridized carbons (Fsp3) is 0.318. The predicted octanol–water partition coefficient (Wildman–Crippen LogP) is 2.57. The summed E-state index contributed by atoms with van der Waals surface area (Å²) in [6.45, 7) is 4.58. The van der Waals surface area contributed by atoms with Gasteiger partial charge in [-0.2, -0.15) is 0 Å². The average molecular weight is 374 g/mol. The maximum atomic E-state index is 4.75. The Kier molecular flexibility index (Phi) is 5.66. The van der Waals surface area contributed by atoms with Crippen molar-refractivity contribution in [2.24, 2.45) is 4.99 Å². The van der Waals surface area contributed by atoms with Crippen LogP contribution in [0.3, 0.4) is 0 Å². The number of anilines is 1. The van der Waals surface area contributed by atoms with E-state index in [1.165, 1.54) is 5.39 Å². The van der Waals surface area contributed by atoms with Crippen molar-refractivity contribution in [3.8, 4) is 0 Å². The van der Waals surface area contributed by atoms with Gasteiger partial charge in [0.05, 0.1) is 5.52 Å². The fourth-order valence-electron chi connectivity index (χ4n) is 3.57. The number of hydrogen-bond acceptors (Lipinski definition) is 4. The van der Waals surface area contributed by atoms with Crippen LogP contribution in [0.5, 0.6) is 0 Å². The van der Waals surface area contributed by atoms with Gasteiger partial charge < -0.3 is 15.1 Å². The highest BCUT2D eigenvalue weighted by Gasteiger charge is 2.20. The number of para-hydroxylation sites is 1. The van der Waals surface area contributed by atoms with E-state index in [4.69, 9.17) is 4.98 Å². The lowest BCUT2D eigenvalue weighted by molar-refractivity contribution is 0.372. The van der Waals surface area contributed by atoms with E-state index in [-0.39, 0.29) is 0 Å². The molecule has 3 aromatic rings. The molecule has 3 heterocycles. The van der Waals surface area contributed by atoms with Gasteiger partial charge in [-0.05, 0) is 24.3 Å². The number of benzene rings is 1. The lowest BCUT2D eigenvalue weighted by Gasteiger charge is -2.37. The summed E-state index contributed by atoms with van der Waals surface area (Å²) in [5, 5.41) is 4.67. The van der Waals surface area contributed by atoms with E-state index in [2.05, 4.69) is 55.4 Å². The first-order chi connectivity index (χ1) is 13.8. The van der Waals surface area contributed by atoms with Crippen LogP contribution >= 0.6 is 0 Å². The minimum atomic E-state index is 0.818. The molecule has 2 aromatic heterocycles. The first-order valence-corrected chi connectivity index (χ1v) is 9.80. The third-order valence-corrected chi connectivity index (χ3v) is 5.08. The van der Waals surface area contributed by atoms with Gasteiger partial charge in [-0.3, -0.25) is 9.98 Å². The minimum absolute atomic E-state index is 0.818. The zero-order valence-corrected chi connectivity index (χ0v) is 16.3. The van der Waals surface area contributed by atoms with E-state index in [0.717, 1.165) is 62.1 Å². The van der Waals surface area contributed by atoms with Crippen LogP contribution in [-0.2, 0) is 6.42 Å². The van der Waals surface area contributed by atoms with Crippen molar-refractivity contribution < 1.29 is 0 Å². The Morgan fingerprint density at radius 2 is 1.82 bits per heavy atom. The minimum Gasteiger partial charge on any atom is -0.356 e. The van der Waals surface area contributed by atoms with Gasteiger partial charge in [0.1, 0.15) is 5.82 Å². The highest BCUT2D eigenvalue weighted by Crippen LogP contribution is 2.13. The van der Waals surface area contributed by atoms with Crippen molar-refractivity contribution in [2.75, 3.05) is 44.7 Å². The third-order valence-electron chi connectivity index (χ3n) is 5.08. The second-order valence-electron chi connectivity index (χ2n) is 6.88. The molecule has 1 fully saturated rings. The van der Waals surface area contributed by atoms with Gasteiger partial charge in [-0.25, -0.2) is 4.98 Å². The summed E-state index contributed by atoms with van der Waals surface area (Å²) in [6, 6.07) is 18.5. The largest absolute Gasteiger partial charge is 0.356 e. The smallest absolute Gasteiger partial charge is 0.193 e. The summed E-state index contributed by atoms with van der Waals surface area (Å²) in [4.78, 5) is 18.3. The Bertz CT molecular complexity index is 932. The van der Waals surface area contributed by atoms with Crippen molar-refractivity contribution in [3.63, 3.8) is 0 Å². The van der Waals surface area contributed by atoms with Crippen molar-refractivity contribution >= 4 is 22.7 Å². The molecule has 6 nitrogen and oxygen atoms in total. The molecule has 0 saturated carbocycles. The maximum Gasteiger partial charge on any atom is 0.193 e. The third kappa shape index (κ3) is 4.22. The number of hydrogen-bond donors (Lipinski definition) is 1. The van der Waals surface area contributed by atoms with E-state index >= 15 is 0 Å². The molecule has 1 aromatic carbocycles. The molecule has 1 saturated heterocycles. The van der Waals surface area contributed by atoms with Crippen LogP contribution in [0.15, 0.2) is 65.8 Å². The molecule has 28 heavy (non-hydrogen) atoms. The number of piperazine rings is 1. The molecule has 1 aliphatic rings. The van der Waals surface area contributed by atoms with Gasteiger partial charge in [0, 0.05) is 63.5 Å². The molecule has 1 aliphatic heterocycles. The molecule has 1 N–H and O–H groups in total. The normalized spacial score (nSPS) is 15.1. The van der Waals surface area contributed by atoms with Gasteiger partial charge in [0.15, 0.2) is 5.96 Å². The van der Waals surface area contributed by atoms with Gasteiger partial charge >= 0.3 is 0 Å². The van der Waals surface area contributed by atoms with Gasteiger partial charge in [-0.1, -0.05) is 30.3 Å². The van der Waals surface area contributed by atoms with Crippen molar-refractivity contribution in [3.05, 3.63) is 66.5 Å². The number of rotatable bonds is 4. The Balaban J connectivity index is 1.29. The highest BCUT2D eigenvalue weighted by atomic mass is 15.4. The fourth-order valence-corrected chi connectivity index (χ4v) is 3.57. The maximum absolute atomic E-state index is 4.75. The number of aromatic nitrogens is 2. The lowest BCUT2D eigenvalue weighted by Crippen LogP contribution is -2.53. The summed E-state index contributed by atoms with van der Waals surface area (Å²) >= 11 is 0. The van der Waals surface area contributed by atoms with Crippen molar-refractivity contribution in [1.82, 2.24) is 20.2 Å². The Morgan fingerprint density at radius 1 is 1.00 bits per heavy atom. The molecule has 0 aliphatic carbocycles. The van der Waals surface area contributed by atoms with Gasteiger partial charge in [0.2, 0.25) is 0 Å². The summed E-state index contributed by atoms with van der Waals surface area (Å²) in [5.41, 5.74) is 2.15. The number of fused-ring (bicyclic) bond motifs is 1. The quantitative estimate of drug-likeness (QED) is 0.562. The van der Waals surface area contributed by atoms with Crippen molar-refractivity contribution in [2.45, 2.75) is 6.42 Å². The molecule has 0 spiro atoms. The Hall–Kier alpha value is -3.15. The molecular weight excluding hydrogens is 348 g/mol. The predicted molar refractivity (Wildman–Crippen MR) is 115 cm³/mol. The Morgan fingerprint density at radius 3 is 2.61 bits per heavy atom. The van der Waals surface area contributed by atoms with Crippen LogP contribution in [0.1, 0.15) is 5.69 Å². The van der Waals surface area contributed by atoms with Crippen LogP contribution in [0.4, 0.5) is 5.82 Å². The molecule has 0 atom stereocenters. The number of aliphatic imine (C=N–C) groups is 1. The monoisotopic (exact) mass is 374 g/mol. The van der Waals surface area contributed by atoms with Crippen LogP contribution in [0.25, 0.3) is 10.9 Å². The van der Waals surface area contributed by atoms with Gasteiger partial charge in [-0.15, -0.1) is 0 Å². The second-order valence-corrected chi connectivity index (χ2v) is 6.88. The summed E-state index contributed by atoms with van der Waals surface area (Å²) in [6.07, 6.45) is 2.72. The summed E-state index contributed by atoms with van der Waals surface area (Å²) in [7, 11) is 1.85. The zero-order chi connectivity index (χ0) is 19.2. The molecule has 144 valence electrons. The molecular formula is C22H26N6. The summed E-state index contributed by atoms with van der Waals surface area (Å²) in [5.74, 6) is 2.01. The second kappa shape index (κ2) is 8.69. The molecule has 6 heteroatoms.